The van der Waals surface area contributed by atoms with Crippen LogP contribution in [0.15, 0.2) is 59.6 Å². The Morgan fingerprint density at radius 3 is 2.54 bits per heavy atom. The van der Waals surface area contributed by atoms with Crippen LogP contribution in [0, 0.1) is 0 Å². The highest BCUT2D eigenvalue weighted by atomic mass is 16.5. The van der Waals surface area contributed by atoms with Gasteiger partial charge in [0.15, 0.2) is 0 Å². The first-order chi connectivity index (χ1) is 11.6. The highest BCUT2D eigenvalue weighted by molar-refractivity contribution is 6.01. The van der Waals surface area contributed by atoms with Crippen molar-refractivity contribution in [1.82, 2.24) is 4.90 Å². The summed E-state index contributed by atoms with van der Waals surface area (Å²) in [6.07, 6.45) is 0. The first-order valence-corrected chi connectivity index (χ1v) is 7.79. The van der Waals surface area contributed by atoms with Crippen molar-refractivity contribution < 1.29 is 14.3 Å². The van der Waals surface area contributed by atoms with Crippen LogP contribution >= 0.6 is 0 Å². The predicted octanol–water partition coefficient (Wildman–Crippen LogP) is 3.36. The molecule has 5 nitrogen and oxygen atoms in total. The molecule has 0 unspecified atom stereocenters. The van der Waals surface area contributed by atoms with Gasteiger partial charge in [0.25, 0.3) is 11.9 Å². The molecule has 0 aliphatic rings. The summed E-state index contributed by atoms with van der Waals surface area (Å²) in [6, 6.07) is 17.2. The molecule has 2 aromatic carbocycles. The molecular formula is C19H22N2O3. The quantitative estimate of drug-likeness (QED) is 0.624. The fourth-order valence-electron chi connectivity index (χ4n) is 2.19. The number of amidine groups is 1. The lowest BCUT2D eigenvalue weighted by atomic mass is 10.2. The average Bonchev–Trinajstić information content (AvgIpc) is 2.62. The molecule has 0 aromatic heterocycles. The van der Waals surface area contributed by atoms with E-state index >= 15 is 0 Å². The third-order valence-corrected chi connectivity index (χ3v) is 3.38. The second-order valence-electron chi connectivity index (χ2n) is 5.21. The second kappa shape index (κ2) is 8.72. The number of carbonyl (C=O) groups excluding carboxylic acids is 1. The Morgan fingerprint density at radius 1 is 1.12 bits per heavy atom. The predicted molar refractivity (Wildman–Crippen MR) is 94.3 cm³/mol. The lowest BCUT2D eigenvalue weighted by Crippen LogP contribution is -2.29. The second-order valence-corrected chi connectivity index (χ2v) is 5.21. The monoisotopic (exact) mass is 326 g/mol. The molecule has 0 N–H and O–H groups in total. The van der Waals surface area contributed by atoms with Crippen LogP contribution in [0.2, 0.25) is 0 Å². The molecule has 0 fully saturated rings. The lowest BCUT2D eigenvalue weighted by molar-refractivity contribution is 0.0994. The lowest BCUT2D eigenvalue weighted by Gasteiger charge is -2.20. The molecule has 5 heteroatoms. The van der Waals surface area contributed by atoms with Crippen LogP contribution in [0.3, 0.4) is 0 Å². The molecule has 0 aliphatic carbocycles. The Kier molecular flexibility index (Phi) is 6.37. The molecule has 2 aromatic rings. The van der Waals surface area contributed by atoms with Gasteiger partial charge in [0.05, 0.1) is 13.7 Å². The fraction of sp³-hybridized carbons (Fsp3) is 0.263. The van der Waals surface area contributed by atoms with Gasteiger partial charge in [-0.25, -0.2) is 0 Å². The SMILES string of the molecule is CCOC(=NC(=O)c1cccc(OC)c1)N(C)Cc1ccccc1. The Morgan fingerprint density at radius 2 is 1.88 bits per heavy atom. The molecule has 0 saturated heterocycles. The van der Waals surface area contributed by atoms with Gasteiger partial charge < -0.3 is 14.4 Å². The zero-order valence-electron chi connectivity index (χ0n) is 14.2. The van der Waals surface area contributed by atoms with E-state index in [1.807, 2.05) is 49.2 Å². The number of benzene rings is 2. The maximum absolute atomic E-state index is 12.4. The van der Waals surface area contributed by atoms with Crippen LogP contribution in [0.1, 0.15) is 22.8 Å². The van der Waals surface area contributed by atoms with E-state index in [1.165, 1.54) is 0 Å². The highest BCUT2D eigenvalue weighted by Crippen LogP contribution is 2.14. The van der Waals surface area contributed by atoms with Crippen LogP contribution in [0.4, 0.5) is 0 Å². The molecule has 126 valence electrons. The van der Waals surface area contributed by atoms with Crippen molar-refractivity contribution >= 4 is 11.9 Å². The molecule has 0 saturated carbocycles. The number of aliphatic imine (C=N–C) groups is 1. The minimum absolute atomic E-state index is 0.300. The number of ether oxygens (including phenoxy) is 2. The molecule has 0 heterocycles. The number of nitrogens with zero attached hydrogens (tertiary/aromatic N) is 2. The number of methoxy groups -OCH3 is 1. The zero-order chi connectivity index (χ0) is 17.4. The van der Waals surface area contributed by atoms with Gasteiger partial charge in [-0.1, -0.05) is 36.4 Å². The van der Waals surface area contributed by atoms with Gasteiger partial charge in [0.1, 0.15) is 5.75 Å². The van der Waals surface area contributed by atoms with Gasteiger partial charge >= 0.3 is 0 Å². The minimum Gasteiger partial charge on any atom is -0.497 e. The summed E-state index contributed by atoms with van der Waals surface area (Å²) >= 11 is 0. The fourth-order valence-corrected chi connectivity index (χ4v) is 2.19. The van der Waals surface area contributed by atoms with Gasteiger partial charge in [-0.05, 0) is 30.7 Å². The molecule has 0 bridgehead atoms. The maximum Gasteiger partial charge on any atom is 0.295 e. The minimum atomic E-state index is -0.364. The largest absolute Gasteiger partial charge is 0.497 e. The van der Waals surface area contributed by atoms with Crippen LogP contribution in [-0.2, 0) is 11.3 Å². The standard InChI is InChI=1S/C19H22N2O3/c1-4-24-19(21(2)14-15-9-6-5-7-10-15)20-18(22)16-11-8-12-17(13-16)23-3/h5-13H,4,14H2,1-3H3. The first-order valence-electron chi connectivity index (χ1n) is 7.79. The van der Waals surface area contributed by atoms with E-state index in [2.05, 4.69) is 4.99 Å². The summed E-state index contributed by atoms with van der Waals surface area (Å²) < 4.78 is 10.7. The van der Waals surface area contributed by atoms with E-state index in [1.54, 1.807) is 31.4 Å². The van der Waals surface area contributed by atoms with Crippen LogP contribution < -0.4 is 4.74 Å². The Bertz CT molecular complexity index is 699. The Hall–Kier alpha value is -2.82. The number of hydrogen-bond donors (Lipinski definition) is 0. The first kappa shape index (κ1) is 17.5. The summed E-state index contributed by atoms with van der Waals surface area (Å²) in [5.41, 5.74) is 1.57. The summed E-state index contributed by atoms with van der Waals surface area (Å²) in [7, 11) is 3.41. The van der Waals surface area contributed by atoms with E-state index in [0.717, 1.165) is 5.56 Å². The molecule has 0 spiro atoms. The Labute approximate surface area is 142 Å². The van der Waals surface area contributed by atoms with Crippen molar-refractivity contribution in [2.24, 2.45) is 4.99 Å². The third-order valence-electron chi connectivity index (χ3n) is 3.38. The number of hydrogen-bond acceptors (Lipinski definition) is 3. The van der Waals surface area contributed by atoms with Gasteiger partial charge in [-0.3, -0.25) is 4.79 Å². The van der Waals surface area contributed by atoms with Crippen molar-refractivity contribution in [2.75, 3.05) is 20.8 Å². The number of rotatable bonds is 5. The number of carbonyl (C=O) groups is 1. The highest BCUT2D eigenvalue weighted by Gasteiger charge is 2.13. The van der Waals surface area contributed by atoms with Crippen molar-refractivity contribution in [3.63, 3.8) is 0 Å². The molecule has 0 atom stereocenters. The van der Waals surface area contributed by atoms with Crippen molar-refractivity contribution in [2.45, 2.75) is 13.5 Å². The summed E-state index contributed by atoms with van der Waals surface area (Å²) in [5, 5.41) is 0. The van der Waals surface area contributed by atoms with Crippen LogP contribution in [0.25, 0.3) is 0 Å². The maximum atomic E-state index is 12.4. The average molecular weight is 326 g/mol. The van der Waals surface area contributed by atoms with Gasteiger partial charge in [-0.2, -0.15) is 4.99 Å². The normalized spacial score (nSPS) is 11.0. The molecule has 24 heavy (non-hydrogen) atoms. The van der Waals surface area contributed by atoms with E-state index < -0.39 is 0 Å². The third kappa shape index (κ3) is 4.84. The smallest absolute Gasteiger partial charge is 0.295 e. The van der Waals surface area contributed by atoms with Gasteiger partial charge in [0, 0.05) is 19.2 Å². The van der Waals surface area contributed by atoms with E-state index in [9.17, 15) is 4.79 Å². The van der Waals surface area contributed by atoms with Crippen molar-refractivity contribution in [1.29, 1.82) is 0 Å². The molecule has 0 aliphatic heterocycles. The topological polar surface area (TPSA) is 51.1 Å². The molecule has 1 amide bonds. The molecular weight excluding hydrogens is 304 g/mol. The van der Waals surface area contributed by atoms with Crippen LogP contribution in [-0.4, -0.2) is 37.6 Å². The van der Waals surface area contributed by atoms with Gasteiger partial charge in [0.2, 0.25) is 0 Å². The number of amides is 1. The zero-order valence-corrected chi connectivity index (χ0v) is 14.2. The summed E-state index contributed by atoms with van der Waals surface area (Å²) in [4.78, 5) is 18.4. The van der Waals surface area contributed by atoms with E-state index in [4.69, 9.17) is 9.47 Å². The van der Waals surface area contributed by atoms with Crippen molar-refractivity contribution in [3.8, 4) is 5.75 Å². The van der Waals surface area contributed by atoms with Crippen LogP contribution in [0.5, 0.6) is 5.75 Å². The van der Waals surface area contributed by atoms with Crippen molar-refractivity contribution in [3.05, 3.63) is 65.7 Å². The van der Waals surface area contributed by atoms with Gasteiger partial charge in [-0.15, -0.1) is 0 Å². The van der Waals surface area contributed by atoms with E-state index in [0.29, 0.717) is 30.5 Å². The molecule has 0 radical (unpaired) electrons. The molecule has 2 rings (SSSR count). The summed E-state index contributed by atoms with van der Waals surface area (Å²) in [6.45, 7) is 2.90. The van der Waals surface area contributed by atoms with E-state index in [-0.39, 0.29) is 5.91 Å². The summed E-state index contributed by atoms with van der Waals surface area (Å²) in [5.74, 6) is 0.254. The Balaban J connectivity index is 2.18.